The number of nitrogens with two attached hydrogens (primary N) is 1. The van der Waals surface area contributed by atoms with Gasteiger partial charge in [0.15, 0.2) is 0 Å². The molecule has 0 aromatic carbocycles. The maximum absolute atomic E-state index is 10.3. The van der Waals surface area contributed by atoms with Crippen LogP contribution in [0.15, 0.2) is 0 Å². The van der Waals surface area contributed by atoms with Crippen LogP contribution in [0.2, 0.25) is 0 Å². The predicted molar refractivity (Wildman–Crippen MR) is 48.7 cm³/mol. The van der Waals surface area contributed by atoms with Crippen molar-refractivity contribution in [3.05, 3.63) is 0 Å². The molecule has 14 heavy (non-hydrogen) atoms. The Kier molecular flexibility index (Phi) is 6.60. The second-order valence-corrected chi connectivity index (χ2v) is 2.93. The summed E-state index contributed by atoms with van der Waals surface area (Å²) in [5.74, 6) is 0. The largest absolute Gasteiger partial charge is 0.388 e. The second-order valence-electron chi connectivity index (χ2n) is 2.93. The first-order valence-corrected chi connectivity index (χ1v) is 4.17. The molecule has 0 aliphatic rings. The summed E-state index contributed by atoms with van der Waals surface area (Å²) in [7, 11) is 2.71. The van der Waals surface area contributed by atoms with Crippen LogP contribution in [0.25, 0.3) is 0 Å². The van der Waals surface area contributed by atoms with Crippen LogP contribution in [0.4, 0.5) is 0 Å². The Morgan fingerprint density at radius 2 is 2.00 bits per heavy atom. The average molecular weight is 207 g/mol. The lowest BCUT2D eigenvalue weighted by Gasteiger charge is -2.27. The van der Waals surface area contributed by atoms with Crippen molar-refractivity contribution >= 4 is 6.29 Å². The standard InChI is InChI=1S/C8H17NO5/c1-13-4-6(11)8(14-2)7(12)5(9)3-10/h3,5-8,11-12H,4,9H2,1-2H3/t5-,6-,7-,8-/m1/s1. The molecular formula is C8H17NO5. The lowest BCUT2D eigenvalue weighted by Crippen LogP contribution is -2.51. The van der Waals surface area contributed by atoms with Crippen LogP contribution in [0.1, 0.15) is 0 Å². The van der Waals surface area contributed by atoms with Gasteiger partial charge in [0.1, 0.15) is 24.6 Å². The van der Waals surface area contributed by atoms with E-state index in [-0.39, 0.29) is 6.61 Å². The topological polar surface area (TPSA) is 102 Å². The van der Waals surface area contributed by atoms with E-state index in [1.54, 1.807) is 0 Å². The highest BCUT2D eigenvalue weighted by Crippen LogP contribution is 2.07. The van der Waals surface area contributed by atoms with Gasteiger partial charge in [0.2, 0.25) is 0 Å². The maximum Gasteiger partial charge on any atom is 0.139 e. The molecule has 0 saturated carbocycles. The summed E-state index contributed by atoms with van der Waals surface area (Å²) >= 11 is 0. The third-order valence-corrected chi connectivity index (χ3v) is 1.88. The van der Waals surface area contributed by atoms with Crippen molar-refractivity contribution in [3.63, 3.8) is 0 Å². The molecule has 0 amide bonds. The first-order valence-electron chi connectivity index (χ1n) is 4.17. The van der Waals surface area contributed by atoms with Gasteiger partial charge in [0.05, 0.1) is 12.6 Å². The number of aliphatic hydroxyl groups excluding tert-OH is 2. The molecule has 0 heterocycles. The highest BCUT2D eigenvalue weighted by molar-refractivity contribution is 5.58. The minimum Gasteiger partial charge on any atom is -0.388 e. The van der Waals surface area contributed by atoms with E-state index in [1.165, 1.54) is 14.2 Å². The van der Waals surface area contributed by atoms with Gasteiger partial charge in [0, 0.05) is 14.2 Å². The van der Waals surface area contributed by atoms with Gasteiger partial charge in [-0.3, -0.25) is 0 Å². The second kappa shape index (κ2) is 6.86. The molecule has 0 rings (SSSR count). The predicted octanol–water partition coefficient (Wildman–Crippen LogP) is -2.10. The number of carbonyl (C=O) groups is 1. The quantitative estimate of drug-likeness (QED) is 0.413. The molecule has 4 atom stereocenters. The highest BCUT2D eigenvalue weighted by Gasteiger charge is 2.30. The smallest absolute Gasteiger partial charge is 0.139 e. The van der Waals surface area contributed by atoms with Gasteiger partial charge in [-0.25, -0.2) is 0 Å². The van der Waals surface area contributed by atoms with Crippen LogP contribution in [0.3, 0.4) is 0 Å². The molecule has 0 aliphatic heterocycles. The van der Waals surface area contributed by atoms with Gasteiger partial charge in [-0.1, -0.05) is 0 Å². The normalized spacial score (nSPS) is 19.8. The van der Waals surface area contributed by atoms with Crippen LogP contribution in [-0.4, -0.2) is 61.7 Å². The van der Waals surface area contributed by atoms with Crippen LogP contribution >= 0.6 is 0 Å². The van der Waals surface area contributed by atoms with E-state index >= 15 is 0 Å². The Balaban J connectivity index is 4.30. The molecule has 0 unspecified atom stereocenters. The van der Waals surface area contributed by atoms with Crippen LogP contribution in [-0.2, 0) is 14.3 Å². The summed E-state index contributed by atoms with van der Waals surface area (Å²) in [6.45, 7) is 0.00113. The third kappa shape index (κ3) is 3.69. The molecule has 0 spiro atoms. The van der Waals surface area contributed by atoms with Gasteiger partial charge in [-0.05, 0) is 0 Å². The summed E-state index contributed by atoms with van der Waals surface area (Å²) in [5, 5.41) is 18.9. The molecule has 0 aliphatic carbocycles. The summed E-state index contributed by atoms with van der Waals surface area (Å²) < 4.78 is 9.51. The summed E-state index contributed by atoms with van der Waals surface area (Å²) in [6, 6.07) is -1.08. The van der Waals surface area contributed by atoms with E-state index < -0.39 is 24.4 Å². The number of rotatable bonds is 7. The Morgan fingerprint density at radius 3 is 2.36 bits per heavy atom. The molecule has 84 valence electrons. The van der Waals surface area contributed by atoms with Crippen LogP contribution in [0, 0.1) is 0 Å². The molecule has 0 aromatic rings. The molecule has 6 nitrogen and oxygen atoms in total. The minimum atomic E-state index is -1.25. The molecule has 0 fully saturated rings. The Morgan fingerprint density at radius 1 is 1.43 bits per heavy atom. The number of aldehydes is 1. The van der Waals surface area contributed by atoms with E-state index in [0.29, 0.717) is 6.29 Å². The Hall–Kier alpha value is -0.530. The Labute approximate surface area is 82.6 Å². The zero-order valence-electron chi connectivity index (χ0n) is 8.29. The van der Waals surface area contributed by atoms with Crippen molar-refractivity contribution in [3.8, 4) is 0 Å². The fourth-order valence-electron chi connectivity index (χ4n) is 1.09. The number of methoxy groups -OCH3 is 2. The monoisotopic (exact) mass is 207 g/mol. The zero-order valence-corrected chi connectivity index (χ0v) is 8.29. The average Bonchev–Trinajstić information content (AvgIpc) is 2.18. The Bertz CT molecular complexity index is 166. The molecule has 0 bridgehead atoms. The lowest BCUT2D eigenvalue weighted by atomic mass is 10.0. The number of ether oxygens (including phenoxy) is 2. The van der Waals surface area contributed by atoms with E-state index in [9.17, 15) is 15.0 Å². The van der Waals surface area contributed by atoms with Gasteiger partial charge in [-0.2, -0.15) is 0 Å². The van der Waals surface area contributed by atoms with E-state index in [4.69, 9.17) is 10.5 Å². The number of aliphatic hydroxyl groups is 2. The van der Waals surface area contributed by atoms with Gasteiger partial charge < -0.3 is 30.2 Å². The third-order valence-electron chi connectivity index (χ3n) is 1.88. The summed E-state index contributed by atoms with van der Waals surface area (Å²) in [4.78, 5) is 10.3. The van der Waals surface area contributed by atoms with Gasteiger partial charge in [-0.15, -0.1) is 0 Å². The molecule has 4 N–H and O–H groups in total. The molecule has 0 radical (unpaired) electrons. The van der Waals surface area contributed by atoms with Crippen molar-refractivity contribution in [1.82, 2.24) is 0 Å². The lowest BCUT2D eigenvalue weighted by molar-refractivity contribution is -0.123. The first kappa shape index (κ1) is 13.5. The van der Waals surface area contributed by atoms with Crippen molar-refractivity contribution < 1.29 is 24.5 Å². The van der Waals surface area contributed by atoms with Crippen LogP contribution < -0.4 is 5.73 Å². The highest BCUT2D eigenvalue weighted by atomic mass is 16.5. The number of hydrogen-bond donors (Lipinski definition) is 3. The van der Waals surface area contributed by atoms with Gasteiger partial charge in [0.25, 0.3) is 0 Å². The zero-order chi connectivity index (χ0) is 11.1. The molecule has 6 heteroatoms. The molecule has 0 saturated heterocycles. The number of carbonyl (C=O) groups excluding carboxylic acids is 1. The van der Waals surface area contributed by atoms with Crippen molar-refractivity contribution in [2.75, 3.05) is 20.8 Å². The van der Waals surface area contributed by atoms with E-state index in [1.807, 2.05) is 0 Å². The van der Waals surface area contributed by atoms with Gasteiger partial charge >= 0.3 is 0 Å². The van der Waals surface area contributed by atoms with Crippen molar-refractivity contribution in [2.45, 2.75) is 24.4 Å². The number of hydrogen-bond acceptors (Lipinski definition) is 6. The fraction of sp³-hybridized carbons (Fsp3) is 0.875. The SMILES string of the molecule is COC[C@@H](O)[C@@H](OC)[C@H](O)[C@H](N)C=O. The van der Waals surface area contributed by atoms with E-state index in [2.05, 4.69) is 4.74 Å². The minimum absolute atomic E-state index is 0.00113. The van der Waals surface area contributed by atoms with Crippen molar-refractivity contribution in [1.29, 1.82) is 0 Å². The van der Waals surface area contributed by atoms with E-state index in [0.717, 1.165) is 0 Å². The first-order chi connectivity index (χ1) is 6.58. The fourth-order valence-corrected chi connectivity index (χ4v) is 1.09. The molecule has 0 aromatic heterocycles. The summed E-state index contributed by atoms with van der Waals surface area (Å²) in [5.41, 5.74) is 5.28. The van der Waals surface area contributed by atoms with Crippen molar-refractivity contribution in [2.24, 2.45) is 5.73 Å². The molecular weight excluding hydrogens is 190 g/mol. The maximum atomic E-state index is 10.3. The summed E-state index contributed by atoms with van der Waals surface area (Å²) in [6.07, 6.45) is -2.81. The van der Waals surface area contributed by atoms with Crippen LogP contribution in [0.5, 0.6) is 0 Å².